The molecule has 0 bridgehead atoms. The van der Waals surface area contributed by atoms with E-state index in [0.717, 1.165) is 32.1 Å². The fourth-order valence-electron chi connectivity index (χ4n) is 3.33. The summed E-state index contributed by atoms with van der Waals surface area (Å²) in [5, 5.41) is 3.09. The maximum absolute atomic E-state index is 12.3. The van der Waals surface area contributed by atoms with E-state index in [4.69, 9.17) is 0 Å². The smallest absolute Gasteiger partial charge is 0.225 e. The zero-order valence-corrected chi connectivity index (χ0v) is 13.8. The number of amides is 1. The third kappa shape index (κ3) is 3.58. The largest absolute Gasteiger partial charge is 0.356 e. The number of carbonyl (C=O) groups excluding carboxylic acids is 1. The van der Waals surface area contributed by atoms with Gasteiger partial charge in [0.1, 0.15) is 0 Å². The Morgan fingerprint density at radius 1 is 1.17 bits per heavy atom. The lowest BCUT2D eigenvalue weighted by atomic mass is 10.0. The summed E-state index contributed by atoms with van der Waals surface area (Å²) in [7, 11) is 0. The van der Waals surface area contributed by atoms with Crippen molar-refractivity contribution in [2.24, 2.45) is 11.8 Å². The molecular formula is C18H23N5O. The average molecular weight is 325 g/mol. The second-order valence-electron chi connectivity index (χ2n) is 6.90. The lowest BCUT2D eigenvalue weighted by Gasteiger charge is -2.23. The van der Waals surface area contributed by atoms with Crippen molar-refractivity contribution in [1.82, 2.24) is 19.9 Å². The van der Waals surface area contributed by atoms with Gasteiger partial charge in [-0.05, 0) is 37.0 Å². The van der Waals surface area contributed by atoms with Crippen molar-refractivity contribution in [3.8, 4) is 0 Å². The number of anilines is 1. The van der Waals surface area contributed by atoms with E-state index in [9.17, 15) is 4.79 Å². The predicted molar refractivity (Wildman–Crippen MR) is 91.4 cm³/mol. The summed E-state index contributed by atoms with van der Waals surface area (Å²) in [6.07, 6.45) is 8.70. The zero-order chi connectivity index (χ0) is 16.4. The van der Waals surface area contributed by atoms with Crippen molar-refractivity contribution < 1.29 is 4.79 Å². The molecule has 1 fully saturated rings. The molecule has 0 unspecified atom stereocenters. The summed E-state index contributed by atoms with van der Waals surface area (Å²) < 4.78 is 2.25. The highest BCUT2D eigenvalue weighted by Crippen LogP contribution is 2.28. The van der Waals surface area contributed by atoms with Crippen LogP contribution in [0.1, 0.15) is 25.0 Å². The molecule has 1 aliphatic heterocycles. The van der Waals surface area contributed by atoms with E-state index in [1.165, 1.54) is 18.5 Å². The van der Waals surface area contributed by atoms with Gasteiger partial charge in [0.15, 0.2) is 0 Å². The molecule has 4 rings (SSSR count). The number of hydrogen-bond acceptors (Lipinski definition) is 4. The molecule has 2 aromatic heterocycles. The highest BCUT2D eigenvalue weighted by atomic mass is 16.1. The Hall–Kier alpha value is -2.37. The van der Waals surface area contributed by atoms with E-state index in [0.29, 0.717) is 12.3 Å². The van der Waals surface area contributed by atoms with Gasteiger partial charge in [-0.3, -0.25) is 4.79 Å². The molecule has 126 valence electrons. The number of hydrogen-bond donors (Lipinski definition) is 1. The molecule has 3 heterocycles. The average Bonchev–Trinajstić information content (AvgIpc) is 3.36. The molecule has 2 aromatic rings. The quantitative estimate of drug-likeness (QED) is 0.911. The molecular weight excluding hydrogens is 302 g/mol. The lowest BCUT2D eigenvalue weighted by Crippen LogP contribution is -2.34. The van der Waals surface area contributed by atoms with Crippen molar-refractivity contribution in [3.63, 3.8) is 0 Å². The Morgan fingerprint density at radius 3 is 2.79 bits per heavy atom. The molecule has 0 spiro atoms. The predicted octanol–water partition coefficient (Wildman–Crippen LogP) is 1.83. The monoisotopic (exact) mass is 325 g/mol. The Balaban J connectivity index is 1.47. The van der Waals surface area contributed by atoms with E-state index < -0.39 is 0 Å². The van der Waals surface area contributed by atoms with Crippen LogP contribution in [0.3, 0.4) is 0 Å². The maximum Gasteiger partial charge on any atom is 0.225 e. The first kappa shape index (κ1) is 15.2. The van der Waals surface area contributed by atoms with E-state index in [2.05, 4.69) is 43.1 Å². The van der Waals surface area contributed by atoms with Crippen LogP contribution in [0.2, 0.25) is 0 Å². The van der Waals surface area contributed by atoms with E-state index in [1.54, 1.807) is 12.4 Å². The summed E-state index contributed by atoms with van der Waals surface area (Å²) in [5.41, 5.74) is 1.24. The fourth-order valence-corrected chi connectivity index (χ4v) is 3.33. The van der Waals surface area contributed by atoms with E-state index in [-0.39, 0.29) is 11.8 Å². The summed E-state index contributed by atoms with van der Waals surface area (Å²) in [6, 6.07) is 6.02. The first-order valence-corrected chi connectivity index (χ1v) is 8.70. The van der Waals surface area contributed by atoms with Crippen molar-refractivity contribution in [1.29, 1.82) is 0 Å². The van der Waals surface area contributed by atoms with Crippen LogP contribution < -0.4 is 10.2 Å². The molecule has 0 radical (unpaired) electrons. The van der Waals surface area contributed by atoms with Crippen molar-refractivity contribution in [2.45, 2.75) is 32.4 Å². The summed E-state index contributed by atoms with van der Waals surface area (Å²) in [5.74, 6) is 1.86. The molecule has 1 amide bonds. The third-order valence-electron chi connectivity index (χ3n) is 4.80. The van der Waals surface area contributed by atoms with Gasteiger partial charge in [0.25, 0.3) is 0 Å². The van der Waals surface area contributed by atoms with Crippen LogP contribution >= 0.6 is 0 Å². The van der Waals surface area contributed by atoms with Crippen LogP contribution in [-0.2, 0) is 17.9 Å². The minimum Gasteiger partial charge on any atom is -0.356 e. The van der Waals surface area contributed by atoms with Gasteiger partial charge in [0.05, 0.1) is 6.54 Å². The van der Waals surface area contributed by atoms with Crippen LogP contribution in [0.15, 0.2) is 36.8 Å². The van der Waals surface area contributed by atoms with Gasteiger partial charge < -0.3 is 14.8 Å². The first-order valence-electron chi connectivity index (χ1n) is 8.70. The Morgan fingerprint density at radius 2 is 2.00 bits per heavy atom. The number of carbonyl (C=O) groups is 1. The number of aromatic nitrogens is 3. The van der Waals surface area contributed by atoms with Gasteiger partial charge in [0.2, 0.25) is 11.9 Å². The molecule has 1 N–H and O–H groups in total. The second kappa shape index (κ2) is 6.63. The van der Waals surface area contributed by atoms with Gasteiger partial charge >= 0.3 is 0 Å². The third-order valence-corrected chi connectivity index (χ3v) is 4.80. The molecule has 0 saturated heterocycles. The molecule has 1 atom stereocenters. The van der Waals surface area contributed by atoms with Gasteiger partial charge in [0, 0.05) is 56.3 Å². The number of rotatable bonds is 5. The van der Waals surface area contributed by atoms with Gasteiger partial charge in [-0.2, -0.15) is 0 Å². The topological polar surface area (TPSA) is 63.1 Å². The number of nitrogens with one attached hydrogen (secondary N) is 1. The molecule has 1 saturated carbocycles. The van der Waals surface area contributed by atoms with Crippen molar-refractivity contribution in [2.75, 3.05) is 18.0 Å². The standard InChI is InChI=1S/C18H23N5O/c24-17(21-10-14-4-5-14)9-15-11-22-8-1-3-16(22)13-23(12-15)18-19-6-2-7-20-18/h1-3,6-8,14-15H,4-5,9-13H2,(H,21,24)/t15-/m1/s1. The molecule has 6 heteroatoms. The van der Waals surface area contributed by atoms with Crippen LogP contribution in [0.5, 0.6) is 0 Å². The fraction of sp³-hybridized carbons (Fsp3) is 0.500. The Bertz CT molecular complexity index is 694. The minimum atomic E-state index is 0.163. The normalized spacial score (nSPS) is 20.3. The van der Waals surface area contributed by atoms with E-state index >= 15 is 0 Å². The molecule has 6 nitrogen and oxygen atoms in total. The van der Waals surface area contributed by atoms with Crippen molar-refractivity contribution in [3.05, 3.63) is 42.5 Å². The SMILES string of the molecule is O=C(C[C@H]1CN(c2ncccn2)Cc2cccn2C1)NCC1CC1. The molecule has 1 aliphatic carbocycles. The molecule has 2 aliphatic rings. The van der Waals surface area contributed by atoms with Crippen LogP contribution in [0.25, 0.3) is 0 Å². The Kier molecular flexibility index (Phi) is 4.19. The van der Waals surface area contributed by atoms with Crippen LogP contribution in [0.4, 0.5) is 5.95 Å². The van der Waals surface area contributed by atoms with Gasteiger partial charge in [-0.25, -0.2) is 9.97 Å². The van der Waals surface area contributed by atoms with Crippen molar-refractivity contribution >= 4 is 11.9 Å². The summed E-state index contributed by atoms with van der Waals surface area (Å²) in [4.78, 5) is 23.2. The summed E-state index contributed by atoms with van der Waals surface area (Å²) in [6.45, 7) is 3.27. The molecule has 24 heavy (non-hydrogen) atoms. The summed E-state index contributed by atoms with van der Waals surface area (Å²) >= 11 is 0. The first-order chi connectivity index (χ1) is 11.8. The highest BCUT2D eigenvalue weighted by molar-refractivity contribution is 5.76. The number of nitrogens with zero attached hydrogens (tertiary/aromatic N) is 4. The minimum absolute atomic E-state index is 0.163. The van der Waals surface area contributed by atoms with E-state index in [1.807, 2.05) is 6.07 Å². The highest BCUT2D eigenvalue weighted by Gasteiger charge is 2.26. The van der Waals surface area contributed by atoms with Crippen LogP contribution in [-0.4, -0.2) is 33.5 Å². The maximum atomic E-state index is 12.3. The molecule has 0 aromatic carbocycles. The zero-order valence-electron chi connectivity index (χ0n) is 13.8. The lowest BCUT2D eigenvalue weighted by molar-refractivity contribution is -0.122. The van der Waals surface area contributed by atoms with Crippen LogP contribution in [0, 0.1) is 11.8 Å². The number of fused-ring (bicyclic) bond motifs is 1. The Labute approximate surface area is 141 Å². The van der Waals surface area contributed by atoms with Gasteiger partial charge in [-0.1, -0.05) is 0 Å². The van der Waals surface area contributed by atoms with Gasteiger partial charge in [-0.15, -0.1) is 0 Å². The second-order valence-corrected chi connectivity index (χ2v) is 6.90.